The van der Waals surface area contributed by atoms with Gasteiger partial charge in [0.15, 0.2) is 9.84 Å². The van der Waals surface area contributed by atoms with Crippen LogP contribution in [0.5, 0.6) is 5.75 Å². The molecule has 0 aliphatic heterocycles. The van der Waals surface area contributed by atoms with Crippen molar-refractivity contribution >= 4 is 21.2 Å². The van der Waals surface area contributed by atoms with Crippen molar-refractivity contribution in [2.45, 2.75) is 25.0 Å². The number of aromatic nitrogens is 1. The van der Waals surface area contributed by atoms with Crippen LogP contribution in [0.4, 0.5) is 0 Å². The zero-order valence-corrected chi connectivity index (χ0v) is 13.6. The normalized spacial score (nSPS) is 11.5. The van der Waals surface area contributed by atoms with E-state index in [0.717, 1.165) is 23.8 Å². The molecule has 0 aliphatic rings. The Balaban J connectivity index is 1.92. The zero-order valence-electron chi connectivity index (χ0n) is 12.0. The summed E-state index contributed by atoms with van der Waals surface area (Å²) in [6, 6.07) is 6.40. The summed E-state index contributed by atoms with van der Waals surface area (Å²) in [6.07, 6.45) is 1.18. The molecule has 1 aromatic carbocycles. The van der Waals surface area contributed by atoms with Gasteiger partial charge in [-0.05, 0) is 30.8 Å². The topological polar surface area (TPSA) is 68.3 Å². The molecule has 0 saturated carbocycles. The summed E-state index contributed by atoms with van der Waals surface area (Å²) >= 11 is 1.60. The first kappa shape index (κ1) is 15.9. The van der Waals surface area contributed by atoms with Crippen molar-refractivity contribution < 1.29 is 13.2 Å². The van der Waals surface area contributed by atoms with Gasteiger partial charge in [-0.3, -0.25) is 0 Å². The van der Waals surface area contributed by atoms with Crippen LogP contribution in [0.15, 0.2) is 34.5 Å². The Bertz CT molecular complexity index is 678. The van der Waals surface area contributed by atoms with Crippen molar-refractivity contribution in [3.63, 3.8) is 0 Å². The minimum Gasteiger partial charge on any atom is -0.487 e. The molecule has 0 fully saturated rings. The van der Waals surface area contributed by atoms with Crippen LogP contribution in [0.25, 0.3) is 0 Å². The summed E-state index contributed by atoms with van der Waals surface area (Å²) in [5, 5.41) is 6.22. The average Bonchev–Trinajstić information content (AvgIpc) is 2.90. The number of hydrogen-bond acceptors (Lipinski definition) is 6. The molecule has 21 heavy (non-hydrogen) atoms. The van der Waals surface area contributed by atoms with E-state index >= 15 is 0 Å². The highest BCUT2D eigenvalue weighted by Crippen LogP contribution is 2.18. The Labute approximate surface area is 128 Å². The van der Waals surface area contributed by atoms with E-state index in [1.165, 1.54) is 6.26 Å². The second-order valence-electron chi connectivity index (χ2n) is 4.55. The summed E-state index contributed by atoms with van der Waals surface area (Å²) in [7, 11) is -3.17. The highest BCUT2D eigenvalue weighted by Gasteiger charge is 2.07. The number of sulfone groups is 1. The molecule has 0 aliphatic carbocycles. The van der Waals surface area contributed by atoms with E-state index in [0.29, 0.717) is 12.4 Å². The fraction of sp³-hybridized carbons (Fsp3) is 0.357. The number of benzene rings is 1. The fourth-order valence-electron chi connectivity index (χ4n) is 1.67. The molecule has 0 saturated heterocycles. The lowest BCUT2D eigenvalue weighted by Gasteiger charge is -2.05. The Morgan fingerprint density at radius 1 is 1.29 bits per heavy atom. The summed E-state index contributed by atoms with van der Waals surface area (Å²) < 4.78 is 28.3. The molecule has 0 spiro atoms. The zero-order chi connectivity index (χ0) is 15.3. The Kier molecular flexibility index (Phi) is 5.33. The second-order valence-corrected chi connectivity index (χ2v) is 7.50. The van der Waals surface area contributed by atoms with E-state index < -0.39 is 9.84 Å². The lowest BCUT2D eigenvalue weighted by Crippen LogP contribution is -2.11. The largest absolute Gasteiger partial charge is 0.487 e. The average molecular weight is 326 g/mol. The minimum atomic E-state index is -3.17. The molecule has 5 nitrogen and oxygen atoms in total. The van der Waals surface area contributed by atoms with E-state index in [1.54, 1.807) is 35.6 Å². The van der Waals surface area contributed by atoms with Crippen molar-refractivity contribution in [1.82, 2.24) is 10.3 Å². The van der Waals surface area contributed by atoms with Crippen LogP contribution in [0.1, 0.15) is 17.6 Å². The number of rotatable bonds is 7. The second kappa shape index (κ2) is 7.02. The highest BCUT2D eigenvalue weighted by molar-refractivity contribution is 7.90. The van der Waals surface area contributed by atoms with E-state index in [-0.39, 0.29) is 4.90 Å². The Morgan fingerprint density at radius 3 is 2.62 bits per heavy atom. The van der Waals surface area contributed by atoms with Crippen LogP contribution in [-0.4, -0.2) is 26.2 Å². The summed E-state index contributed by atoms with van der Waals surface area (Å²) in [5.41, 5.74) is 0.875. The van der Waals surface area contributed by atoms with Crippen molar-refractivity contribution in [2.24, 2.45) is 0 Å². The molecule has 2 aromatic rings. The molecule has 0 unspecified atom stereocenters. The summed E-state index contributed by atoms with van der Waals surface area (Å²) in [5.74, 6) is 0.628. The van der Waals surface area contributed by atoms with Crippen LogP contribution in [0.3, 0.4) is 0 Å². The Morgan fingerprint density at radius 2 is 2.00 bits per heavy atom. The van der Waals surface area contributed by atoms with E-state index in [9.17, 15) is 8.42 Å². The molecule has 1 heterocycles. The summed E-state index contributed by atoms with van der Waals surface area (Å²) in [4.78, 5) is 4.74. The number of nitrogens with zero attached hydrogens (tertiary/aromatic N) is 1. The predicted octanol–water partition coefficient (Wildman–Crippen LogP) is 2.24. The third-order valence-electron chi connectivity index (χ3n) is 2.76. The number of thiazole rings is 1. The van der Waals surface area contributed by atoms with Gasteiger partial charge in [0.2, 0.25) is 0 Å². The molecule has 7 heteroatoms. The smallest absolute Gasteiger partial charge is 0.175 e. The number of nitrogens with one attached hydrogen (secondary N) is 1. The van der Waals surface area contributed by atoms with Crippen LogP contribution in [-0.2, 0) is 23.0 Å². The predicted molar refractivity (Wildman–Crippen MR) is 83.4 cm³/mol. The molecule has 0 atom stereocenters. The Hall–Kier alpha value is -1.44. The molecular formula is C14H18N2O3S2. The van der Waals surface area contributed by atoms with Gasteiger partial charge in [0.1, 0.15) is 17.4 Å². The van der Waals surface area contributed by atoms with Gasteiger partial charge in [-0.1, -0.05) is 6.92 Å². The molecule has 0 bridgehead atoms. The lowest BCUT2D eigenvalue weighted by molar-refractivity contribution is 0.301. The van der Waals surface area contributed by atoms with Crippen molar-refractivity contribution in [3.8, 4) is 5.75 Å². The lowest BCUT2D eigenvalue weighted by atomic mass is 10.3. The molecule has 1 aromatic heterocycles. The van der Waals surface area contributed by atoms with E-state index in [4.69, 9.17) is 4.74 Å². The highest BCUT2D eigenvalue weighted by atomic mass is 32.2. The molecular weight excluding hydrogens is 308 g/mol. The molecule has 1 N–H and O–H groups in total. The first-order valence-electron chi connectivity index (χ1n) is 6.56. The molecule has 0 radical (unpaired) electrons. The van der Waals surface area contributed by atoms with Crippen LogP contribution >= 0.6 is 11.3 Å². The van der Waals surface area contributed by atoms with Gasteiger partial charge in [-0.2, -0.15) is 0 Å². The quantitative estimate of drug-likeness (QED) is 0.845. The maximum Gasteiger partial charge on any atom is 0.175 e. The van der Waals surface area contributed by atoms with Gasteiger partial charge in [0.05, 0.1) is 10.6 Å². The van der Waals surface area contributed by atoms with Gasteiger partial charge in [0.25, 0.3) is 0 Å². The van der Waals surface area contributed by atoms with Crippen LogP contribution in [0, 0.1) is 0 Å². The summed E-state index contributed by atoms with van der Waals surface area (Å²) in [6.45, 7) is 4.11. The van der Waals surface area contributed by atoms with Crippen LogP contribution < -0.4 is 10.1 Å². The SMILES string of the molecule is CCNCc1nc(COc2ccc(S(C)(=O)=O)cc2)cs1. The van der Waals surface area contributed by atoms with E-state index in [2.05, 4.69) is 17.2 Å². The number of ether oxygens (including phenoxy) is 1. The van der Waals surface area contributed by atoms with Crippen LogP contribution in [0.2, 0.25) is 0 Å². The third-order valence-corrected chi connectivity index (χ3v) is 4.79. The van der Waals surface area contributed by atoms with E-state index in [1.807, 2.05) is 5.38 Å². The standard InChI is InChI=1S/C14H18N2O3S2/c1-3-15-8-14-16-11(10-20-14)9-19-12-4-6-13(7-5-12)21(2,17)18/h4-7,10,15H,3,8-9H2,1-2H3. The van der Waals surface area contributed by atoms with Gasteiger partial charge >= 0.3 is 0 Å². The first-order valence-corrected chi connectivity index (χ1v) is 9.33. The number of hydrogen-bond donors (Lipinski definition) is 1. The fourth-order valence-corrected chi connectivity index (χ4v) is 3.05. The van der Waals surface area contributed by atoms with Crippen molar-refractivity contribution in [2.75, 3.05) is 12.8 Å². The van der Waals surface area contributed by atoms with Crippen molar-refractivity contribution in [1.29, 1.82) is 0 Å². The maximum absolute atomic E-state index is 11.4. The molecule has 2 rings (SSSR count). The molecule has 114 valence electrons. The first-order chi connectivity index (χ1) is 9.99. The molecule has 0 amide bonds. The monoisotopic (exact) mass is 326 g/mol. The minimum absolute atomic E-state index is 0.288. The maximum atomic E-state index is 11.4. The van der Waals surface area contributed by atoms with Gasteiger partial charge in [0, 0.05) is 18.2 Å². The van der Waals surface area contributed by atoms with Gasteiger partial charge in [-0.15, -0.1) is 11.3 Å². The van der Waals surface area contributed by atoms with Gasteiger partial charge in [-0.25, -0.2) is 13.4 Å². The van der Waals surface area contributed by atoms with Crippen molar-refractivity contribution in [3.05, 3.63) is 40.3 Å². The van der Waals surface area contributed by atoms with Gasteiger partial charge < -0.3 is 10.1 Å². The third kappa shape index (κ3) is 4.80.